The van der Waals surface area contributed by atoms with Gasteiger partial charge in [0.05, 0.1) is 0 Å². The van der Waals surface area contributed by atoms with Crippen LogP contribution in [0.3, 0.4) is 0 Å². The largest absolute Gasteiger partial charge is 0.371 e. The van der Waals surface area contributed by atoms with E-state index in [-0.39, 0.29) is 0 Å². The van der Waals surface area contributed by atoms with E-state index in [4.69, 9.17) is 0 Å². The zero-order valence-corrected chi connectivity index (χ0v) is 11.9. The summed E-state index contributed by atoms with van der Waals surface area (Å²) >= 11 is 0. The minimum Gasteiger partial charge on any atom is -0.371 e. The fraction of sp³-hybridized carbons (Fsp3) is 0.667. The van der Waals surface area contributed by atoms with E-state index in [1.807, 2.05) is 19.1 Å². The minimum atomic E-state index is 0.714. The van der Waals surface area contributed by atoms with E-state index in [1.165, 1.54) is 19.3 Å². The number of rotatable bonds is 7. The fourth-order valence-corrected chi connectivity index (χ4v) is 2.17. The van der Waals surface area contributed by atoms with Crippen molar-refractivity contribution in [1.82, 2.24) is 20.8 Å². The number of hydrogen-bond donors (Lipinski definition) is 3. The molecule has 0 saturated carbocycles. The number of nitrogens with zero attached hydrogens (tertiary/aromatic N) is 4. The Kier molecular flexibility index (Phi) is 4.75. The molecule has 1 aromatic rings. The average Bonchev–Trinajstić information content (AvgIpc) is 2.82. The lowest BCUT2D eigenvalue weighted by molar-refractivity contribution is 0.570. The van der Waals surface area contributed by atoms with Crippen LogP contribution in [0.25, 0.3) is 0 Å². The molecule has 106 valence electrons. The lowest BCUT2D eigenvalue weighted by atomic mass is 10.2. The monoisotopic (exact) mass is 265 g/mol. The summed E-state index contributed by atoms with van der Waals surface area (Å²) in [5.41, 5.74) is 7.56. The van der Waals surface area contributed by atoms with E-state index < -0.39 is 0 Å². The summed E-state index contributed by atoms with van der Waals surface area (Å²) in [4.78, 5) is 8.63. The topological polar surface area (TPSA) is 68.3 Å². The smallest absolute Gasteiger partial charge is 0.175 e. The molecule has 19 heavy (non-hydrogen) atoms. The molecule has 0 spiro atoms. The summed E-state index contributed by atoms with van der Waals surface area (Å²) in [6.07, 6.45) is 5.23. The van der Waals surface area contributed by atoms with Gasteiger partial charge in [-0.2, -0.15) is 0 Å². The molecule has 0 bridgehead atoms. The van der Waals surface area contributed by atoms with Crippen molar-refractivity contribution in [3.8, 4) is 0 Å². The van der Waals surface area contributed by atoms with Gasteiger partial charge in [0.15, 0.2) is 11.6 Å². The summed E-state index contributed by atoms with van der Waals surface area (Å²) in [6, 6.07) is 0. The Morgan fingerprint density at radius 1 is 1.21 bits per heavy atom. The van der Waals surface area contributed by atoms with Gasteiger partial charge in [-0.1, -0.05) is 19.8 Å². The van der Waals surface area contributed by atoms with Crippen molar-refractivity contribution in [3.05, 3.63) is 6.33 Å². The van der Waals surface area contributed by atoms with Crippen LogP contribution in [0.1, 0.15) is 26.2 Å². The molecule has 7 nitrogen and oxygen atoms in total. The number of aromatic nitrogens is 2. The van der Waals surface area contributed by atoms with Crippen LogP contribution in [-0.4, -0.2) is 37.3 Å². The second kappa shape index (κ2) is 6.53. The van der Waals surface area contributed by atoms with Gasteiger partial charge in [-0.25, -0.2) is 20.8 Å². The normalized spacial score (nSPS) is 13.8. The van der Waals surface area contributed by atoms with E-state index in [2.05, 4.69) is 38.1 Å². The molecule has 0 radical (unpaired) electrons. The molecule has 3 N–H and O–H groups in total. The molecule has 1 aliphatic heterocycles. The quantitative estimate of drug-likeness (QED) is 0.634. The highest BCUT2D eigenvalue weighted by Gasteiger charge is 2.29. The van der Waals surface area contributed by atoms with Crippen molar-refractivity contribution in [3.63, 3.8) is 0 Å². The molecule has 7 heteroatoms. The standard InChI is InChI=1S/C12H23N7/c1-4-5-6-7-17-19-9-18(14-3)10-11(13-2)15-8-16-12(10)19/h8,14,17H,4-7,9H2,1-3H3,(H,13,15,16). The maximum absolute atomic E-state index is 4.38. The third kappa shape index (κ3) is 2.87. The van der Waals surface area contributed by atoms with E-state index in [0.717, 1.165) is 23.9 Å². The van der Waals surface area contributed by atoms with Gasteiger partial charge >= 0.3 is 0 Å². The summed E-state index contributed by atoms with van der Waals surface area (Å²) in [5, 5.41) is 7.18. The first-order valence-corrected chi connectivity index (χ1v) is 6.80. The van der Waals surface area contributed by atoms with Gasteiger partial charge in [-0.15, -0.1) is 0 Å². The summed E-state index contributed by atoms with van der Waals surface area (Å²) < 4.78 is 0. The van der Waals surface area contributed by atoms with Gasteiger partial charge in [0.1, 0.15) is 18.7 Å². The Bertz CT molecular complexity index is 409. The van der Waals surface area contributed by atoms with Crippen LogP contribution in [-0.2, 0) is 0 Å². The molecule has 0 fully saturated rings. The van der Waals surface area contributed by atoms with Gasteiger partial charge in [-0.05, 0) is 6.42 Å². The molecule has 2 heterocycles. The maximum Gasteiger partial charge on any atom is 0.175 e. The van der Waals surface area contributed by atoms with Gasteiger partial charge in [0.25, 0.3) is 0 Å². The Labute approximate surface area is 114 Å². The molecule has 0 aromatic carbocycles. The van der Waals surface area contributed by atoms with Crippen LogP contribution in [0.5, 0.6) is 0 Å². The van der Waals surface area contributed by atoms with Gasteiger partial charge < -0.3 is 5.32 Å². The number of hydrazine groups is 2. The van der Waals surface area contributed by atoms with Gasteiger partial charge in [0, 0.05) is 20.6 Å². The zero-order chi connectivity index (χ0) is 13.7. The number of hydrogen-bond acceptors (Lipinski definition) is 7. The second-order valence-electron chi connectivity index (χ2n) is 4.48. The highest BCUT2D eigenvalue weighted by molar-refractivity contribution is 5.81. The molecule has 1 aromatic heterocycles. The molecule has 0 saturated heterocycles. The molecule has 0 amide bonds. The first-order valence-electron chi connectivity index (χ1n) is 6.80. The number of unbranched alkanes of at least 4 members (excludes halogenated alkanes) is 2. The van der Waals surface area contributed by atoms with Crippen molar-refractivity contribution in [2.75, 3.05) is 42.6 Å². The van der Waals surface area contributed by atoms with Crippen molar-refractivity contribution in [2.24, 2.45) is 0 Å². The SMILES string of the molecule is CCCCCNN1CN(NC)c2c(NC)ncnc21. The van der Waals surface area contributed by atoms with E-state index in [0.29, 0.717) is 6.67 Å². The molecule has 1 aliphatic rings. The van der Waals surface area contributed by atoms with Crippen LogP contribution >= 0.6 is 0 Å². The highest BCUT2D eigenvalue weighted by atomic mass is 15.7. The van der Waals surface area contributed by atoms with Crippen molar-refractivity contribution in [2.45, 2.75) is 26.2 Å². The predicted octanol–water partition coefficient (Wildman–Crippen LogP) is 0.931. The first kappa shape index (κ1) is 13.8. The number of anilines is 3. The molecule has 0 aliphatic carbocycles. The van der Waals surface area contributed by atoms with Crippen molar-refractivity contribution < 1.29 is 0 Å². The van der Waals surface area contributed by atoms with E-state index in [1.54, 1.807) is 6.33 Å². The molecular formula is C12H23N7. The maximum atomic E-state index is 4.38. The van der Waals surface area contributed by atoms with Crippen molar-refractivity contribution in [1.29, 1.82) is 0 Å². The Balaban J connectivity index is 2.10. The van der Waals surface area contributed by atoms with Crippen LogP contribution in [0.15, 0.2) is 6.33 Å². The molecule has 0 unspecified atom stereocenters. The Hall–Kier alpha value is -1.60. The van der Waals surface area contributed by atoms with Crippen molar-refractivity contribution >= 4 is 17.3 Å². The summed E-state index contributed by atoms with van der Waals surface area (Å²) in [5.74, 6) is 1.74. The van der Waals surface area contributed by atoms with Crippen LogP contribution in [0.4, 0.5) is 17.3 Å². The van der Waals surface area contributed by atoms with Gasteiger partial charge in [0.2, 0.25) is 0 Å². The molecular weight excluding hydrogens is 242 g/mol. The van der Waals surface area contributed by atoms with Crippen LogP contribution in [0, 0.1) is 0 Å². The van der Waals surface area contributed by atoms with E-state index >= 15 is 0 Å². The third-order valence-electron chi connectivity index (χ3n) is 3.20. The minimum absolute atomic E-state index is 0.714. The summed E-state index contributed by atoms with van der Waals surface area (Å²) in [7, 11) is 3.77. The predicted molar refractivity (Wildman–Crippen MR) is 78.0 cm³/mol. The first-order chi connectivity index (χ1) is 9.31. The zero-order valence-electron chi connectivity index (χ0n) is 11.9. The van der Waals surface area contributed by atoms with E-state index in [9.17, 15) is 0 Å². The average molecular weight is 265 g/mol. The summed E-state index contributed by atoms with van der Waals surface area (Å²) in [6.45, 7) is 3.88. The fourth-order valence-electron chi connectivity index (χ4n) is 2.17. The van der Waals surface area contributed by atoms with Gasteiger partial charge in [-0.3, -0.25) is 10.0 Å². The Morgan fingerprint density at radius 2 is 2.05 bits per heavy atom. The second-order valence-corrected chi connectivity index (χ2v) is 4.48. The number of fused-ring (bicyclic) bond motifs is 1. The highest BCUT2D eigenvalue weighted by Crippen LogP contribution is 2.36. The Morgan fingerprint density at radius 3 is 2.74 bits per heavy atom. The van der Waals surface area contributed by atoms with Crippen LogP contribution < -0.4 is 26.2 Å². The number of nitrogens with one attached hydrogen (secondary N) is 3. The van der Waals surface area contributed by atoms with Crippen LogP contribution in [0.2, 0.25) is 0 Å². The lowest BCUT2D eigenvalue weighted by Gasteiger charge is -2.20. The molecule has 2 rings (SSSR count). The third-order valence-corrected chi connectivity index (χ3v) is 3.20. The lowest BCUT2D eigenvalue weighted by Crippen LogP contribution is -2.45. The molecule has 0 atom stereocenters.